The smallest absolute Gasteiger partial charge is 0.252 e. The van der Waals surface area contributed by atoms with Gasteiger partial charge >= 0.3 is 0 Å². The van der Waals surface area contributed by atoms with Gasteiger partial charge in [-0.25, -0.2) is 8.42 Å². The number of rotatable bonds is 6. The van der Waals surface area contributed by atoms with E-state index in [1.165, 1.54) is 4.31 Å². The Hall–Kier alpha value is -1.74. The van der Waals surface area contributed by atoms with Crippen molar-refractivity contribution in [2.24, 2.45) is 0 Å². The van der Waals surface area contributed by atoms with E-state index in [9.17, 15) is 13.2 Å². The molecule has 1 aliphatic rings. The average molecular weight is 453 g/mol. The van der Waals surface area contributed by atoms with Crippen LogP contribution in [0.4, 0.5) is 0 Å². The second-order valence-electron chi connectivity index (χ2n) is 6.20. The van der Waals surface area contributed by atoms with E-state index >= 15 is 0 Å². The first-order valence-corrected chi connectivity index (χ1v) is 11.0. The Kier molecular flexibility index (Phi) is 6.64. The van der Waals surface area contributed by atoms with Gasteiger partial charge in [-0.15, -0.1) is 0 Å². The summed E-state index contributed by atoms with van der Waals surface area (Å²) < 4.78 is 32.8. The molecule has 0 aliphatic carbocycles. The van der Waals surface area contributed by atoms with Crippen molar-refractivity contribution in [1.82, 2.24) is 9.62 Å². The van der Waals surface area contributed by atoms with Crippen LogP contribution in [0.15, 0.2) is 53.0 Å². The third-order valence-corrected chi connectivity index (χ3v) is 6.90. The van der Waals surface area contributed by atoms with Gasteiger partial charge < -0.3 is 10.1 Å². The van der Waals surface area contributed by atoms with Crippen molar-refractivity contribution < 1.29 is 17.9 Å². The molecule has 0 spiro atoms. The molecule has 0 radical (unpaired) electrons. The molecule has 0 aromatic heterocycles. The molecule has 0 saturated carbocycles. The first-order chi connectivity index (χ1) is 13.0. The second kappa shape index (κ2) is 8.97. The van der Waals surface area contributed by atoms with Gasteiger partial charge in [0.1, 0.15) is 0 Å². The molecule has 2 aromatic carbocycles. The lowest BCUT2D eigenvalue weighted by atomic mass is 10.1. The molecular weight excluding hydrogens is 432 g/mol. The van der Waals surface area contributed by atoms with Gasteiger partial charge in [-0.05, 0) is 39.2 Å². The predicted octanol–water partition coefficient (Wildman–Crippen LogP) is 2.54. The van der Waals surface area contributed by atoms with E-state index in [0.717, 1.165) is 5.56 Å². The third-order valence-electron chi connectivity index (χ3n) is 4.38. The Labute approximate surface area is 167 Å². The lowest BCUT2D eigenvalue weighted by molar-refractivity contribution is 0.0729. The molecule has 6 nitrogen and oxygen atoms in total. The van der Waals surface area contributed by atoms with Crippen molar-refractivity contribution >= 4 is 31.9 Å². The van der Waals surface area contributed by atoms with Crippen molar-refractivity contribution in [2.75, 3.05) is 26.3 Å². The van der Waals surface area contributed by atoms with Gasteiger partial charge in [0.05, 0.1) is 24.5 Å². The topological polar surface area (TPSA) is 75.7 Å². The minimum atomic E-state index is -3.42. The Bertz CT molecular complexity index is 911. The van der Waals surface area contributed by atoms with Crippen molar-refractivity contribution in [3.8, 4) is 0 Å². The highest BCUT2D eigenvalue weighted by Crippen LogP contribution is 2.18. The molecule has 1 N–H and O–H groups in total. The summed E-state index contributed by atoms with van der Waals surface area (Å²) in [5, 5.41) is 2.86. The van der Waals surface area contributed by atoms with Crippen LogP contribution < -0.4 is 5.32 Å². The number of sulfonamides is 1. The van der Waals surface area contributed by atoms with Gasteiger partial charge in [-0.2, -0.15) is 4.31 Å². The Balaban J connectivity index is 1.70. The largest absolute Gasteiger partial charge is 0.379 e. The predicted molar refractivity (Wildman–Crippen MR) is 107 cm³/mol. The molecule has 1 fully saturated rings. The maximum atomic E-state index is 12.7. The molecule has 144 valence electrons. The molecule has 0 bridgehead atoms. The number of hydrogen-bond acceptors (Lipinski definition) is 4. The molecule has 0 unspecified atom stereocenters. The van der Waals surface area contributed by atoms with Gasteiger partial charge in [-0.3, -0.25) is 4.79 Å². The molecule has 8 heteroatoms. The van der Waals surface area contributed by atoms with E-state index in [0.29, 0.717) is 41.9 Å². The number of carbonyl (C=O) groups excluding carboxylic acids is 1. The summed E-state index contributed by atoms with van der Waals surface area (Å²) in [5.74, 6) is -0.304. The Morgan fingerprint density at radius 1 is 1.04 bits per heavy atom. The fourth-order valence-electron chi connectivity index (χ4n) is 2.90. The van der Waals surface area contributed by atoms with E-state index in [-0.39, 0.29) is 18.2 Å². The SMILES string of the molecule is O=C(NCc1ccccc1CS(=O)(=O)N1CCOCC1)c1ccccc1Br. The molecular formula is C19H21BrN2O4S. The quantitative estimate of drug-likeness (QED) is 0.730. The first kappa shape index (κ1) is 20.0. The summed E-state index contributed by atoms with van der Waals surface area (Å²) in [4.78, 5) is 12.4. The van der Waals surface area contributed by atoms with E-state index in [2.05, 4.69) is 21.2 Å². The van der Waals surface area contributed by atoms with Crippen LogP contribution in [0.5, 0.6) is 0 Å². The average Bonchev–Trinajstić information content (AvgIpc) is 2.68. The Morgan fingerprint density at radius 2 is 1.67 bits per heavy atom. The van der Waals surface area contributed by atoms with E-state index in [1.54, 1.807) is 24.3 Å². The highest BCUT2D eigenvalue weighted by atomic mass is 79.9. The minimum absolute atomic E-state index is 0.0892. The number of ether oxygens (including phenoxy) is 1. The summed E-state index contributed by atoms with van der Waals surface area (Å²) >= 11 is 3.37. The van der Waals surface area contributed by atoms with Crippen LogP contribution in [-0.2, 0) is 27.1 Å². The number of carbonyl (C=O) groups is 1. The zero-order valence-corrected chi connectivity index (χ0v) is 17.1. The number of benzene rings is 2. The number of morpholine rings is 1. The lowest BCUT2D eigenvalue weighted by Gasteiger charge is -2.26. The highest BCUT2D eigenvalue weighted by molar-refractivity contribution is 9.10. The summed E-state index contributed by atoms with van der Waals surface area (Å²) in [5.41, 5.74) is 2.02. The maximum Gasteiger partial charge on any atom is 0.252 e. The number of nitrogens with zero attached hydrogens (tertiary/aromatic N) is 1. The summed E-state index contributed by atoms with van der Waals surface area (Å²) in [6.45, 7) is 1.85. The van der Waals surface area contributed by atoms with Crippen molar-refractivity contribution in [3.05, 3.63) is 69.7 Å². The fourth-order valence-corrected chi connectivity index (χ4v) is 4.93. The highest BCUT2D eigenvalue weighted by Gasteiger charge is 2.25. The summed E-state index contributed by atoms with van der Waals surface area (Å²) in [6, 6.07) is 14.4. The van der Waals surface area contributed by atoms with E-state index in [4.69, 9.17) is 4.74 Å². The molecule has 2 aromatic rings. The van der Waals surface area contributed by atoms with Gasteiger partial charge in [0.25, 0.3) is 5.91 Å². The van der Waals surface area contributed by atoms with Crippen LogP contribution in [0.1, 0.15) is 21.5 Å². The zero-order valence-electron chi connectivity index (χ0n) is 14.7. The summed E-state index contributed by atoms with van der Waals surface area (Å²) in [6.07, 6.45) is 0. The second-order valence-corrected chi connectivity index (χ2v) is 9.02. The number of amides is 1. The van der Waals surface area contributed by atoms with Crippen molar-refractivity contribution in [3.63, 3.8) is 0 Å². The lowest BCUT2D eigenvalue weighted by Crippen LogP contribution is -2.41. The van der Waals surface area contributed by atoms with Crippen molar-refractivity contribution in [2.45, 2.75) is 12.3 Å². The van der Waals surface area contributed by atoms with Gasteiger partial charge in [0, 0.05) is 24.1 Å². The van der Waals surface area contributed by atoms with Crippen molar-refractivity contribution in [1.29, 1.82) is 0 Å². The van der Waals surface area contributed by atoms with Crippen LogP contribution in [0.2, 0.25) is 0 Å². The summed E-state index contributed by atoms with van der Waals surface area (Å²) in [7, 11) is -3.42. The van der Waals surface area contributed by atoms with Crippen LogP contribution in [0.25, 0.3) is 0 Å². The standard InChI is InChI=1S/C19H21BrN2O4S/c20-18-8-4-3-7-17(18)19(23)21-13-15-5-1-2-6-16(15)14-27(24,25)22-9-11-26-12-10-22/h1-8H,9-14H2,(H,21,23). The fraction of sp³-hybridized carbons (Fsp3) is 0.316. The normalized spacial score (nSPS) is 15.4. The van der Waals surface area contributed by atoms with E-state index in [1.807, 2.05) is 24.3 Å². The number of nitrogens with one attached hydrogen (secondary N) is 1. The van der Waals surface area contributed by atoms with Crippen LogP contribution in [0, 0.1) is 0 Å². The number of hydrogen-bond donors (Lipinski definition) is 1. The molecule has 27 heavy (non-hydrogen) atoms. The van der Waals surface area contributed by atoms with Crippen LogP contribution in [0.3, 0.4) is 0 Å². The number of halogens is 1. The third kappa shape index (κ3) is 5.16. The Morgan fingerprint density at radius 3 is 2.37 bits per heavy atom. The zero-order chi connectivity index (χ0) is 19.3. The minimum Gasteiger partial charge on any atom is -0.379 e. The maximum absolute atomic E-state index is 12.7. The molecule has 0 atom stereocenters. The molecule has 1 amide bonds. The van der Waals surface area contributed by atoms with Crippen LogP contribution in [-0.4, -0.2) is 44.9 Å². The van der Waals surface area contributed by atoms with Gasteiger partial charge in [-0.1, -0.05) is 36.4 Å². The molecule has 1 heterocycles. The van der Waals surface area contributed by atoms with Gasteiger partial charge in [0.2, 0.25) is 10.0 Å². The van der Waals surface area contributed by atoms with Gasteiger partial charge in [0.15, 0.2) is 0 Å². The first-order valence-electron chi connectivity index (χ1n) is 8.62. The van der Waals surface area contributed by atoms with Crippen LogP contribution >= 0.6 is 15.9 Å². The molecule has 1 aliphatic heterocycles. The molecule has 3 rings (SSSR count). The monoisotopic (exact) mass is 452 g/mol. The molecule has 1 saturated heterocycles. The van der Waals surface area contributed by atoms with E-state index < -0.39 is 10.0 Å².